The molecule has 0 radical (unpaired) electrons. The molecule has 4 nitrogen and oxygen atoms in total. The van der Waals surface area contributed by atoms with Gasteiger partial charge in [-0.1, -0.05) is 24.3 Å². The van der Waals surface area contributed by atoms with Crippen molar-refractivity contribution in [2.24, 2.45) is 0 Å². The Kier molecular flexibility index (Phi) is 6.11. The molecule has 1 amide bonds. The normalized spacial score (nSPS) is 14.7. The van der Waals surface area contributed by atoms with E-state index in [9.17, 15) is 4.79 Å². The second-order valence-corrected chi connectivity index (χ2v) is 7.67. The van der Waals surface area contributed by atoms with Crippen LogP contribution in [0.25, 0.3) is 0 Å². The minimum atomic E-state index is 0.0161. The number of aryl methyl sites for hydroxylation is 3. The van der Waals surface area contributed by atoms with Gasteiger partial charge in [-0.25, -0.2) is 0 Å². The highest BCUT2D eigenvalue weighted by Crippen LogP contribution is 2.17. The molecule has 1 aliphatic rings. The van der Waals surface area contributed by atoms with Crippen LogP contribution in [-0.4, -0.2) is 35.1 Å². The Hall–Kier alpha value is -2.40. The maximum absolute atomic E-state index is 12.5. The Labute approximate surface area is 167 Å². The Bertz CT molecular complexity index is 841. The monoisotopic (exact) mass is 381 g/mol. The lowest BCUT2D eigenvalue weighted by Gasteiger charge is -2.34. The molecule has 2 aromatic carbocycles. The predicted molar refractivity (Wildman–Crippen MR) is 115 cm³/mol. The van der Waals surface area contributed by atoms with E-state index in [0.717, 1.165) is 47.9 Å². The van der Waals surface area contributed by atoms with Crippen molar-refractivity contribution in [2.45, 2.75) is 39.7 Å². The summed E-state index contributed by atoms with van der Waals surface area (Å²) in [5.41, 5.74) is 5.31. The fraction of sp³-hybridized carbons (Fsp3) is 0.364. The van der Waals surface area contributed by atoms with Gasteiger partial charge in [0.25, 0.3) is 5.91 Å². The first-order chi connectivity index (χ1) is 12.9. The molecule has 3 rings (SSSR count). The van der Waals surface area contributed by atoms with Gasteiger partial charge in [0, 0.05) is 30.4 Å². The molecule has 0 saturated carbocycles. The van der Waals surface area contributed by atoms with Crippen LogP contribution in [0.2, 0.25) is 0 Å². The van der Waals surface area contributed by atoms with Crippen LogP contribution in [0.15, 0.2) is 42.5 Å². The van der Waals surface area contributed by atoms with E-state index >= 15 is 0 Å². The first-order valence-electron chi connectivity index (χ1n) is 9.43. The number of hydrogen-bond acceptors (Lipinski definition) is 2. The van der Waals surface area contributed by atoms with Gasteiger partial charge in [-0.15, -0.1) is 0 Å². The van der Waals surface area contributed by atoms with Gasteiger partial charge >= 0.3 is 0 Å². The van der Waals surface area contributed by atoms with Crippen molar-refractivity contribution in [1.82, 2.24) is 10.2 Å². The lowest BCUT2D eigenvalue weighted by atomic mass is 10.0. The molecule has 27 heavy (non-hydrogen) atoms. The van der Waals surface area contributed by atoms with Crippen molar-refractivity contribution in [3.8, 4) is 0 Å². The van der Waals surface area contributed by atoms with Crippen LogP contribution >= 0.6 is 12.2 Å². The number of carbonyl (C=O) groups is 1. The third-order valence-corrected chi connectivity index (χ3v) is 5.63. The number of nitrogens with zero attached hydrogens (tertiary/aromatic N) is 1. The number of benzene rings is 2. The molecule has 0 spiro atoms. The molecular weight excluding hydrogens is 354 g/mol. The zero-order chi connectivity index (χ0) is 19.4. The summed E-state index contributed by atoms with van der Waals surface area (Å²) >= 11 is 5.58. The molecule has 1 heterocycles. The van der Waals surface area contributed by atoms with E-state index in [1.807, 2.05) is 31.2 Å². The molecule has 0 atom stereocenters. The van der Waals surface area contributed by atoms with Gasteiger partial charge in [-0.3, -0.25) is 4.79 Å². The highest BCUT2D eigenvalue weighted by Gasteiger charge is 2.23. The number of thiocarbonyl (C=S) groups is 1. The largest absolute Gasteiger partial charge is 0.349 e. The van der Waals surface area contributed by atoms with Crippen LogP contribution in [0.4, 0.5) is 5.69 Å². The standard InChI is InChI=1S/C22H27N3OS/c1-15-8-9-19(14-17(15)3)24-22(27)25-12-10-18(11-13-25)23-21(26)20-7-5-4-6-16(20)2/h4-9,14,18H,10-13H2,1-3H3,(H,23,26)(H,24,27). The summed E-state index contributed by atoms with van der Waals surface area (Å²) < 4.78 is 0. The molecule has 2 N–H and O–H groups in total. The van der Waals surface area contributed by atoms with E-state index in [2.05, 4.69) is 47.6 Å². The smallest absolute Gasteiger partial charge is 0.251 e. The zero-order valence-electron chi connectivity index (χ0n) is 16.2. The maximum atomic E-state index is 12.5. The van der Waals surface area contributed by atoms with E-state index in [0.29, 0.717) is 0 Å². The average molecular weight is 382 g/mol. The Morgan fingerprint density at radius 2 is 1.70 bits per heavy atom. The van der Waals surface area contributed by atoms with Crippen LogP contribution in [0, 0.1) is 20.8 Å². The van der Waals surface area contributed by atoms with E-state index in [-0.39, 0.29) is 11.9 Å². The molecule has 5 heteroatoms. The molecule has 0 aliphatic carbocycles. The van der Waals surface area contributed by atoms with Gasteiger partial charge in [0.1, 0.15) is 0 Å². The minimum absolute atomic E-state index is 0.0161. The molecular formula is C22H27N3OS. The van der Waals surface area contributed by atoms with E-state index in [1.54, 1.807) is 0 Å². The Balaban J connectivity index is 1.51. The summed E-state index contributed by atoms with van der Waals surface area (Å²) in [4.78, 5) is 14.7. The number of hydrogen-bond donors (Lipinski definition) is 2. The minimum Gasteiger partial charge on any atom is -0.349 e. The second kappa shape index (κ2) is 8.53. The highest BCUT2D eigenvalue weighted by atomic mass is 32.1. The van der Waals surface area contributed by atoms with E-state index in [4.69, 9.17) is 12.2 Å². The van der Waals surface area contributed by atoms with Gasteiger partial charge in [0.2, 0.25) is 0 Å². The molecule has 142 valence electrons. The number of anilines is 1. The third-order valence-electron chi connectivity index (χ3n) is 5.27. The van der Waals surface area contributed by atoms with Crippen molar-refractivity contribution < 1.29 is 4.79 Å². The third kappa shape index (κ3) is 4.86. The van der Waals surface area contributed by atoms with Crippen LogP contribution < -0.4 is 10.6 Å². The lowest BCUT2D eigenvalue weighted by Crippen LogP contribution is -2.47. The molecule has 1 saturated heterocycles. The van der Waals surface area contributed by atoms with Gasteiger partial charge in [-0.05, 0) is 80.7 Å². The summed E-state index contributed by atoms with van der Waals surface area (Å²) in [7, 11) is 0. The van der Waals surface area contributed by atoms with Crippen LogP contribution in [-0.2, 0) is 0 Å². The van der Waals surface area contributed by atoms with Crippen LogP contribution in [0.5, 0.6) is 0 Å². The van der Waals surface area contributed by atoms with Gasteiger partial charge in [-0.2, -0.15) is 0 Å². The fourth-order valence-electron chi connectivity index (χ4n) is 3.34. The SMILES string of the molecule is Cc1ccc(NC(=S)N2CCC(NC(=O)c3ccccc3C)CC2)cc1C. The molecule has 1 aliphatic heterocycles. The molecule has 0 unspecified atom stereocenters. The quantitative estimate of drug-likeness (QED) is 0.782. The van der Waals surface area contributed by atoms with Crippen molar-refractivity contribution >= 4 is 28.9 Å². The number of carbonyl (C=O) groups excluding carboxylic acids is 1. The molecule has 1 fully saturated rings. The van der Waals surface area contributed by atoms with Crippen molar-refractivity contribution in [3.63, 3.8) is 0 Å². The summed E-state index contributed by atoms with van der Waals surface area (Å²) in [5.74, 6) is 0.0161. The second-order valence-electron chi connectivity index (χ2n) is 7.28. The van der Waals surface area contributed by atoms with Gasteiger partial charge < -0.3 is 15.5 Å². The maximum Gasteiger partial charge on any atom is 0.251 e. The first-order valence-corrected chi connectivity index (χ1v) is 9.84. The number of rotatable bonds is 3. The van der Waals surface area contributed by atoms with Crippen molar-refractivity contribution in [2.75, 3.05) is 18.4 Å². The molecule has 2 aromatic rings. The van der Waals surface area contributed by atoms with E-state index in [1.165, 1.54) is 11.1 Å². The van der Waals surface area contributed by atoms with Crippen molar-refractivity contribution in [1.29, 1.82) is 0 Å². The Morgan fingerprint density at radius 1 is 1.00 bits per heavy atom. The summed E-state index contributed by atoms with van der Waals surface area (Å²) in [6, 6.07) is 14.2. The fourth-order valence-corrected chi connectivity index (χ4v) is 3.64. The topological polar surface area (TPSA) is 44.4 Å². The zero-order valence-corrected chi connectivity index (χ0v) is 17.0. The van der Waals surface area contributed by atoms with Gasteiger partial charge in [0.15, 0.2) is 5.11 Å². The summed E-state index contributed by atoms with van der Waals surface area (Å²) in [6.07, 6.45) is 1.79. The predicted octanol–water partition coefficient (Wildman–Crippen LogP) is 4.20. The Morgan fingerprint density at radius 3 is 2.37 bits per heavy atom. The number of nitrogens with one attached hydrogen (secondary N) is 2. The lowest BCUT2D eigenvalue weighted by molar-refractivity contribution is 0.0922. The van der Waals surface area contributed by atoms with Gasteiger partial charge in [0.05, 0.1) is 0 Å². The summed E-state index contributed by atoms with van der Waals surface area (Å²) in [5, 5.41) is 7.26. The number of piperidine rings is 1. The number of amides is 1. The van der Waals surface area contributed by atoms with Crippen molar-refractivity contribution in [3.05, 3.63) is 64.7 Å². The van der Waals surface area contributed by atoms with Crippen LogP contribution in [0.3, 0.4) is 0 Å². The highest BCUT2D eigenvalue weighted by molar-refractivity contribution is 7.80. The molecule has 0 bridgehead atoms. The number of likely N-dealkylation sites (tertiary alicyclic amines) is 1. The average Bonchev–Trinajstić information content (AvgIpc) is 2.65. The summed E-state index contributed by atoms with van der Waals surface area (Å²) in [6.45, 7) is 7.86. The first kappa shape index (κ1) is 19.4. The van der Waals surface area contributed by atoms with E-state index < -0.39 is 0 Å². The molecule has 0 aromatic heterocycles. The van der Waals surface area contributed by atoms with Crippen LogP contribution in [0.1, 0.15) is 39.9 Å².